The number of rotatable bonds is 2. The molecule has 1 heterocycles. The molecule has 0 amide bonds. The zero-order valence-electron chi connectivity index (χ0n) is 7.70. The first-order valence-corrected chi connectivity index (χ1v) is 5.49. The number of aromatic amines is 1. The Morgan fingerprint density at radius 3 is 3.00 bits per heavy atom. The van der Waals surface area contributed by atoms with Crippen LogP contribution in [0.25, 0.3) is 10.9 Å². The number of aromatic nitrogens is 1. The third-order valence-electron chi connectivity index (χ3n) is 2.16. The van der Waals surface area contributed by atoms with Gasteiger partial charge in [-0.15, -0.1) is 0 Å². The first-order valence-electron chi connectivity index (χ1n) is 4.32. The maximum absolute atomic E-state index is 6.09. The van der Waals surface area contributed by atoms with Gasteiger partial charge >= 0.3 is 0 Å². The summed E-state index contributed by atoms with van der Waals surface area (Å²) in [6.07, 6.45) is 1.99. The molecule has 2 aromatic rings. The van der Waals surface area contributed by atoms with E-state index in [1.807, 2.05) is 19.3 Å². The van der Waals surface area contributed by atoms with E-state index in [2.05, 4.69) is 32.3 Å². The van der Waals surface area contributed by atoms with Crippen LogP contribution < -0.4 is 5.32 Å². The Kier molecular flexibility index (Phi) is 2.81. The molecule has 2 nitrogen and oxygen atoms in total. The summed E-state index contributed by atoms with van der Waals surface area (Å²) in [6.45, 7) is 0.840. The molecule has 0 aliphatic heterocycles. The Balaban J connectivity index is 2.66. The molecular weight excluding hydrogens is 263 g/mol. The minimum Gasteiger partial charge on any atom is -0.360 e. The monoisotopic (exact) mass is 272 g/mol. The predicted octanol–water partition coefficient (Wildman–Crippen LogP) is 3.30. The molecule has 0 fully saturated rings. The summed E-state index contributed by atoms with van der Waals surface area (Å²) >= 11 is 9.53. The normalized spacial score (nSPS) is 11.1. The fourth-order valence-corrected chi connectivity index (χ4v) is 2.41. The van der Waals surface area contributed by atoms with Crippen molar-refractivity contribution in [2.75, 3.05) is 7.05 Å². The van der Waals surface area contributed by atoms with Crippen molar-refractivity contribution in [3.05, 3.63) is 33.4 Å². The highest BCUT2D eigenvalue weighted by molar-refractivity contribution is 9.10. The summed E-state index contributed by atoms with van der Waals surface area (Å²) in [5.74, 6) is 0. The molecule has 0 radical (unpaired) electrons. The van der Waals surface area contributed by atoms with Gasteiger partial charge < -0.3 is 10.3 Å². The Bertz CT molecular complexity index is 464. The van der Waals surface area contributed by atoms with Crippen LogP contribution in [0.4, 0.5) is 0 Å². The standard InChI is InChI=1S/C10H10BrClN2/c1-13-4-6-5-14-10-8(6)2-7(11)3-9(10)12/h2-3,5,13-14H,4H2,1H3. The molecule has 0 aliphatic carbocycles. The third-order valence-corrected chi connectivity index (χ3v) is 2.91. The van der Waals surface area contributed by atoms with Crippen LogP contribution in [0.2, 0.25) is 5.02 Å². The zero-order valence-corrected chi connectivity index (χ0v) is 10.0. The van der Waals surface area contributed by atoms with Crippen LogP contribution in [-0.4, -0.2) is 12.0 Å². The van der Waals surface area contributed by atoms with Gasteiger partial charge in [0.1, 0.15) is 0 Å². The lowest BCUT2D eigenvalue weighted by molar-refractivity contribution is 0.823. The summed E-state index contributed by atoms with van der Waals surface area (Å²) in [7, 11) is 1.93. The fourth-order valence-electron chi connectivity index (χ4n) is 1.55. The molecule has 1 aromatic carbocycles. The van der Waals surface area contributed by atoms with Crippen LogP contribution in [0.3, 0.4) is 0 Å². The van der Waals surface area contributed by atoms with E-state index in [1.165, 1.54) is 10.9 Å². The van der Waals surface area contributed by atoms with Gasteiger partial charge in [0, 0.05) is 22.6 Å². The van der Waals surface area contributed by atoms with Gasteiger partial charge in [-0.25, -0.2) is 0 Å². The molecule has 74 valence electrons. The lowest BCUT2D eigenvalue weighted by atomic mass is 10.2. The number of hydrogen-bond acceptors (Lipinski definition) is 1. The molecule has 0 atom stereocenters. The minimum atomic E-state index is 0.747. The van der Waals surface area contributed by atoms with E-state index in [1.54, 1.807) is 0 Å². The Hall–Kier alpha value is -0.510. The van der Waals surface area contributed by atoms with Crippen molar-refractivity contribution in [2.45, 2.75) is 6.54 Å². The van der Waals surface area contributed by atoms with E-state index in [-0.39, 0.29) is 0 Å². The van der Waals surface area contributed by atoms with Crippen LogP contribution in [-0.2, 0) is 6.54 Å². The van der Waals surface area contributed by atoms with Gasteiger partial charge in [-0.3, -0.25) is 0 Å². The molecule has 1 aromatic heterocycles. The first kappa shape index (κ1) is 10.0. The van der Waals surface area contributed by atoms with Crippen molar-refractivity contribution in [1.29, 1.82) is 0 Å². The molecule has 2 rings (SSSR count). The van der Waals surface area contributed by atoms with Crippen molar-refractivity contribution in [3.8, 4) is 0 Å². The number of fused-ring (bicyclic) bond motifs is 1. The number of hydrogen-bond donors (Lipinski definition) is 2. The lowest BCUT2D eigenvalue weighted by Crippen LogP contribution is -2.03. The van der Waals surface area contributed by atoms with Gasteiger partial charge in [0.2, 0.25) is 0 Å². The van der Waals surface area contributed by atoms with E-state index in [0.29, 0.717) is 0 Å². The maximum atomic E-state index is 6.09. The van der Waals surface area contributed by atoms with Crippen LogP contribution in [0.1, 0.15) is 5.56 Å². The van der Waals surface area contributed by atoms with Gasteiger partial charge in [-0.2, -0.15) is 0 Å². The van der Waals surface area contributed by atoms with Crippen molar-refractivity contribution in [1.82, 2.24) is 10.3 Å². The molecule has 0 saturated heterocycles. The maximum Gasteiger partial charge on any atom is 0.0658 e. The number of nitrogens with one attached hydrogen (secondary N) is 2. The average Bonchev–Trinajstić information content (AvgIpc) is 2.49. The SMILES string of the molecule is CNCc1c[nH]c2c(Cl)cc(Br)cc12. The van der Waals surface area contributed by atoms with Gasteiger partial charge in [0.25, 0.3) is 0 Å². The van der Waals surface area contributed by atoms with Crippen LogP contribution in [0, 0.1) is 0 Å². The molecule has 14 heavy (non-hydrogen) atoms. The summed E-state index contributed by atoms with van der Waals surface area (Å²) < 4.78 is 1.01. The number of H-pyrrole nitrogens is 1. The molecule has 0 saturated carbocycles. The molecule has 0 unspecified atom stereocenters. The number of halogens is 2. The van der Waals surface area contributed by atoms with Crippen LogP contribution in [0.5, 0.6) is 0 Å². The molecule has 2 N–H and O–H groups in total. The zero-order chi connectivity index (χ0) is 10.1. The highest BCUT2D eigenvalue weighted by Crippen LogP contribution is 2.29. The second-order valence-corrected chi connectivity index (χ2v) is 4.48. The van der Waals surface area contributed by atoms with E-state index in [9.17, 15) is 0 Å². The van der Waals surface area contributed by atoms with Crippen LogP contribution in [0.15, 0.2) is 22.8 Å². The fraction of sp³-hybridized carbons (Fsp3) is 0.200. The Labute approximate surface area is 95.8 Å². The molecule has 0 aliphatic rings. The van der Waals surface area contributed by atoms with E-state index >= 15 is 0 Å². The Morgan fingerprint density at radius 2 is 2.29 bits per heavy atom. The summed E-state index contributed by atoms with van der Waals surface area (Å²) in [6, 6.07) is 3.97. The van der Waals surface area contributed by atoms with Gasteiger partial charge in [-0.1, -0.05) is 27.5 Å². The summed E-state index contributed by atoms with van der Waals surface area (Å²) in [4.78, 5) is 3.18. The van der Waals surface area contributed by atoms with Gasteiger partial charge in [0.05, 0.1) is 10.5 Å². The van der Waals surface area contributed by atoms with E-state index < -0.39 is 0 Å². The quantitative estimate of drug-likeness (QED) is 0.863. The van der Waals surface area contributed by atoms with E-state index in [4.69, 9.17) is 11.6 Å². The van der Waals surface area contributed by atoms with E-state index in [0.717, 1.165) is 21.6 Å². The molecule has 0 spiro atoms. The largest absolute Gasteiger partial charge is 0.360 e. The second kappa shape index (κ2) is 3.93. The molecular formula is C10H10BrClN2. The summed E-state index contributed by atoms with van der Waals surface area (Å²) in [5.41, 5.74) is 2.23. The Morgan fingerprint density at radius 1 is 1.50 bits per heavy atom. The van der Waals surface area contributed by atoms with Crippen molar-refractivity contribution < 1.29 is 0 Å². The molecule has 0 bridgehead atoms. The van der Waals surface area contributed by atoms with Gasteiger partial charge in [-0.05, 0) is 24.7 Å². The number of benzene rings is 1. The van der Waals surface area contributed by atoms with Gasteiger partial charge in [0.15, 0.2) is 0 Å². The van der Waals surface area contributed by atoms with Crippen molar-refractivity contribution in [2.24, 2.45) is 0 Å². The highest BCUT2D eigenvalue weighted by atomic mass is 79.9. The highest BCUT2D eigenvalue weighted by Gasteiger charge is 2.06. The summed E-state index contributed by atoms with van der Waals surface area (Å²) in [5, 5.41) is 5.04. The molecule has 4 heteroatoms. The first-order chi connectivity index (χ1) is 6.72. The van der Waals surface area contributed by atoms with Crippen molar-refractivity contribution >= 4 is 38.4 Å². The predicted molar refractivity (Wildman–Crippen MR) is 63.8 cm³/mol. The van der Waals surface area contributed by atoms with Crippen LogP contribution >= 0.6 is 27.5 Å². The average molecular weight is 274 g/mol. The smallest absolute Gasteiger partial charge is 0.0658 e. The third kappa shape index (κ3) is 1.67. The minimum absolute atomic E-state index is 0.747. The topological polar surface area (TPSA) is 27.8 Å². The van der Waals surface area contributed by atoms with Crippen molar-refractivity contribution in [3.63, 3.8) is 0 Å². The second-order valence-electron chi connectivity index (χ2n) is 3.15. The lowest BCUT2D eigenvalue weighted by Gasteiger charge is -1.99.